The van der Waals surface area contributed by atoms with E-state index in [0.717, 1.165) is 12.8 Å². The predicted octanol–water partition coefficient (Wildman–Crippen LogP) is 3.22. The normalized spacial score (nSPS) is 15.7. The topological polar surface area (TPSA) is 49.4 Å². The highest BCUT2D eigenvalue weighted by Crippen LogP contribution is 2.34. The predicted molar refractivity (Wildman–Crippen MR) is 94.1 cm³/mol. The van der Waals surface area contributed by atoms with E-state index in [1.54, 1.807) is 36.2 Å². The fourth-order valence-corrected chi connectivity index (χ4v) is 3.35. The van der Waals surface area contributed by atoms with Crippen LogP contribution in [0, 0.1) is 0 Å². The van der Waals surface area contributed by atoms with Crippen LogP contribution in [-0.4, -0.2) is 30.3 Å². The molecular weight excluding hydrogens is 324 g/mol. The number of hydrogen-bond acceptors (Lipinski definition) is 2. The van der Waals surface area contributed by atoms with E-state index in [9.17, 15) is 9.59 Å². The van der Waals surface area contributed by atoms with E-state index in [0.29, 0.717) is 10.6 Å². The zero-order valence-corrected chi connectivity index (χ0v) is 14.2. The van der Waals surface area contributed by atoms with Crippen LogP contribution >= 0.6 is 11.6 Å². The second kappa shape index (κ2) is 7.05. The first-order valence-electron chi connectivity index (χ1n) is 7.94. The molecule has 0 saturated heterocycles. The Balaban J connectivity index is 1.62. The van der Waals surface area contributed by atoms with Gasteiger partial charge in [0, 0.05) is 7.05 Å². The highest BCUT2D eigenvalue weighted by Gasteiger charge is 2.28. The van der Waals surface area contributed by atoms with Crippen molar-refractivity contribution in [3.05, 3.63) is 70.2 Å². The molecule has 124 valence electrons. The Morgan fingerprint density at radius 3 is 2.67 bits per heavy atom. The summed E-state index contributed by atoms with van der Waals surface area (Å²) in [6, 6.07) is 15.1. The van der Waals surface area contributed by atoms with Gasteiger partial charge in [0.2, 0.25) is 5.91 Å². The summed E-state index contributed by atoms with van der Waals surface area (Å²) >= 11 is 6.00. The molecule has 0 heterocycles. The van der Waals surface area contributed by atoms with Gasteiger partial charge in [-0.05, 0) is 36.1 Å². The molecule has 3 rings (SSSR count). The number of halogens is 1. The average Bonchev–Trinajstić information content (AvgIpc) is 3.03. The molecule has 0 fully saturated rings. The maximum atomic E-state index is 12.4. The second-order valence-corrected chi connectivity index (χ2v) is 6.33. The van der Waals surface area contributed by atoms with Gasteiger partial charge in [-0.15, -0.1) is 0 Å². The minimum atomic E-state index is -0.339. The molecule has 0 bridgehead atoms. The summed E-state index contributed by atoms with van der Waals surface area (Å²) in [6.45, 7) is -0.0424. The van der Waals surface area contributed by atoms with Crippen LogP contribution in [0.2, 0.25) is 5.02 Å². The second-order valence-electron chi connectivity index (χ2n) is 5.92. The van der Waals surface area contributed by atoms with Gasteiger partial charge in [-0.2, -0.15) is 0 Å². The number of hydrogen-bond donors (Lipinski definition) is 1. The molecule has 1 aliphatic rings. The van der Waals surface area contributed by atoms with Gasteiger partial charge in [0.1, 0.15) is 0 Å². The quantitative estimate of drug-likeness (QED) is 0.927. The van der Waals surface area contributed by atoms with Crippen molar-refractivity contribution in [1.82, 2.24) is 10.2 Å². The van der Waals surface area contributed by atoms with Gasteiger partial charge in [0.25, 0.3) is 5.91 Å². The molecule has 0 aliphatic heterocycles. The van der Waals surface area contributed by atoms with Gasteiger partial charge in [-0.1, -0.05) is 48.0 Å². The maximum absolute atomic E-state index is 12.4. The van der Waals surface area contributed by atoms with E-state index < -0.39 is 0 Å². The molecule has 1 atom stereocenters. The average molecular weight is 343 g/mol. The highest BCUT2D eigenvalue weighted by atomic mass is 35.5. The van der Waals surface area contributed by atoms with E-state index in [2.05, 4.69) is 17.4 Å². The van der Waals surface area contributed by atoms with Crippen molar-refractivity contribution >= 4 is 23.4 Å². The smallest absolute Gasteiger partial charge is 0.253 e. The number of carbonyl (C=O) groups is 2. The molecule has 1 N–H and O–H groups in total. The summed E-state index contributed by atoms with van der Waals surface area (Å²) in [6.07, 6.45) is 1.89. The highest BCUT2D eigenvalue weighted by molar-refractivity contribution is 6.33. The van der Waals surface area contributed by atoms with Crippen LogP contribution in [0.5, 0.6) is 0 Å². The van der Waals surface area contributed by atoms with Gasteiger partial charge in [-0.25, -0.2) is 0 Å². The third-order valence-electron chi connectivity index (χ3n) is 4.48. The minimum absolute atomic E-state index is 0.0424. The van der Waals surface area contributed by atoms with Crippen molar-refractivity contribution < 1.29 is 9.59 Å². The number of likely N-dealkylation sites (N-methyl/N-ethyl adjacent to an activating group) is 1. The molecule has 2 amide bonds. The van der Waals surface area contributed by atoms with Crippen LogP contribution in [0.15, 0.2) is 48.5 Å². The zero-order chi connectivity index (χ0) is 17.1. The Labute approximate surface area is 146 Å². The fourth-order valence-electron chi connectivity index (χ4n) is 3.13. The Kier molecular flexibility index (Phi) is 4.86. The van der Waals surface area contributed by atoms with Crippen LogP contribution in [0.1, 0.15) is 33.9 Å². The molecular formula is C19H19ClN2O2. The molecule has 4 nitrogen and oxygen atoms in total. The van der Waals surface area contributed by atoms with Crippen LogP contribution in [0.25, 0.3) is 0 Å². The lowest BCUT2D eigenvalue weighted by atomic mass is 10.1. The van der Waals surface area contributed by atoms with E-state index in [4.69, 9.17) is 11.6 Å². The van der Waals surface area contributed by atoms with Crippen molar-refractivity contribution in [3.63, 3.8) is 0 Å². The minimum Gasteiger partial charge on any atom is -0.343 e. The first kappa shape index (κ1) is 16.5. The van der Waals surface area contributed by atoms with Crippen molar-refractivity contribution in [3.8, 4) is 0 Å². The van der Waals surface area contributed by atoms with Crippen molar-refractivity contribution in [2.45, 2.75) is 18.9 Å². The molecule has 0 spiro atoms. The van der Waals surface area contributed by atoms with Crippen molar-refractivity contribution in [2.24, 2.45) is 0 Å². The lowest BCUT2D eigenvalue weighted by Gasteiger charge is -2.25. The van der Waals surface area contributed by atoms with Crippen LogP contribution < -0.4 is 5.32 Å². The van der Waals surface area contributed by atoms with E-state index in [1.807, 2.05) is 12.1 Å². The van der Waals surface area contributed by atoms with Gasteiger partial charge < -0.3 is 10.2 Å². The van der Waals surface area contributed by atoms with Crippen LogP contribution in [0.3, 0.4) is 0 Å². The molecule has 1 aliphatic carbocycles. The third-order valence-corrected chi connectivity index (χ3v) is 4.81. The molecule has 0 unspecified atom stereocenters. The molecule has 0 saturated carbocycles. The summed E-state index contributed by atoms with van der Waals surface area (Å²) in [5.74, 6) is -0.453. The Morgan fingerprint density at radius 2 is 1.88 bits per heavy atom. The lowest BCUT2D eigenvalue weighted by molar-refractivity contribution is -0.131. The molecule has 2 aromatic carbocycles. The van der Waals surface area contributed by atoms with Gasteiger partial charge >= 0.3 is 0 Å². The summed E-state index contributed by atoms with van der Waals surface area (Å²) in [4.78, 5) is 26.3. The Morgan fingerprint density at radius 1 is 1.17 bits per heavy atom. The summed E-state index contributed by atoms with van der Waals surface area (Å²) < 4.78 is 0. The molecule has 5 heteroatoms. The number of carbonyl (C=O) groups excluding carboxylic acids is 2. The lowest BCUT2D eigenvalue weighted by Crippen LogP contribution is -2.39. The van der Waals surface area contributed by atoms with E-state index in [1.165, 1.54) is 11.1 Å². The first-order chi connectivity index (χ1) is 11.6. The van der Waals surface area contributed by atoms with Crippen molar-refractivity contribution in [2.75, 3.05) is 13.6 Å². The fraction of sp³-hybridized carbons (Fsp3) is 0.263. The number of benzene rings is 2. The Hall–Kier alpha value is -2.33. The number of nitrogens with zero attached hydrogens (tertiary/aromatic N) is 1. The molecule has 24 heavy (non-hydrogen) atoms. The number of amides is 2. The molecule has 0 aromatic heterocycles. The number of aryl methyl sites for hydroxylation is 1. The van der Waals surface area contributed by atoms with E-state index >= 15 is 0 Å². The molecule has 2 aromatic rings. The monoisotopic (exact) mass is 342 g/mol. The van der Waals surface area contributed by atoms with Gasteiger partial charge in [-0.3, -0.25) is 9.59 Å². The standard InChI is InChI=1S/C19H19ClN2O2/c1-22(17-11-10-13-6-2-3-7-14(13)17)18(23)12-21-19(24)15-8-4-5-9-16(15)20/h2-9,17H,10-12H2,1H3,(H,21,24)/t17-/m1/s1. The summed E-state index contributed by atoms with van der Waals surface area (Å²) in [5, 5.41) is 3.03. The first-order valence-corrected chi connectivity index (χ1v) is 8.32. The van der Waals surface area contributed by atoms with Crippen LogP contribution in [-0.2, 0) is 11.2 Å². The number of fused-ring (bicyclic) bond motifs is 1. The number of rotatable bonds is 4. The van der Waals surface area contributed by atoms with Crippen molar-refractivity contribution in [1.29, 1.82) is 0 Å². The zero-order valence-electron chi connectivity index (χ0n) is 13.5. The van der Waals surface area contributed by atoms with Gasteiger partial charge in [0.15, 0.2) is 0 Å². The third kappa shape index (κ3) is 3.29. The maximum Gasteiger partial charge on any atom is 0.253 e. The summed E-state index contributed by atoms with van der Waals surface area (Å²) in [7, 11) is 1.79. The van der Waals surface area contributed by atoms with E-state index in [-0.39, 0.29) is 24.4 Å². The molecule has 0 radical (unpaired) electrons. The summed E-state index contributed by atoms with van der Waals surface area (Å²) in [5.41, 5.74) is 2.87. The van der Waals surface area contributed by atoms with Gasteiger partial charge in [0.05, 0.1) is 23.2 Å². The largest absolute Gasteiger partial charge is 0.343 e. The SMILES string of the molecule is CN(C(=O)CNC(=O)c1ccccc1Cl)[C@@H]1CCc2ccccc21. The van der Waals surface area contributed by atoms with Crippen LogP contribution in [0.4, 0.5) is 0 Å². The number of nitrogens with one attached hydrogen (secondary N) is 1. The Bertz CT molecular complexity index is 775.